The zero-order valence-electron chi connectivity index (χ0n) is 23.6. The van der Waals surface area contributed by atoms with Crippen molar-refractivity contribution in [2.45, 2.75) is 17.5 Å². The van der Waals surface area contributed by atoms with Gasteiger partial charge in [0.1, 0.15) is 17.0 Å². The maximum atomic E-state index is 15.2. The minimum absolute atomic E-state index is 0.130. The Labute approximate surface area is 256 Å². The molecule has 0 N–H and O–H groups in total. The van der Waals surface area contributed by atoms with Crippen molar-refractivity contribution < 1.29 is 28.0 Å². The molecule has 5 nitrogen and oxygen atoms in total. The fraction of sp³-hybridized carbons (Fsp3) is 0.105. The number of Topliss-reactive ketones (excluding diaryl/α,β-unsaturated/α-hetero) is 4. The van der Waals surface area contributed by atoms with Crippen LogP contribution in [-0.2, 0) is 0 Å². The fourth-order valence-electron chi connectivity index (χ4n) is 8.07. The van der Waals surface area contributed by atoms with Gasteiger partial charge in [0.2, 0.25) is 0 Å². The molecule has 1 fully saturated rings. The van der Waals surface area contributed by atoms with Gasteiger partial charge in [0.15, 0.2) is 28.7 Å². The number of fused-ring (bicyclic) bond motifs is 2. The molecule has 0 aromatic heterocycles. The number of ketones is 4. The number of rotatable bonds is 3. The predicted molar refractivity (Wildman–Crippen MR) is 163 cm³/mol. The fourth-order valence-corrected chi connectivity index (χ4v) is 8.07. The highest BCUT2D eigenvalue weighted by Gasteiger charge is 2.81. The van der Waals surface area contributed by atoms with E-state index in [-0.39, 0.29) is 33.4 Å². The van der Waals surface area contributed by atoms with E-state index in [1.54, 1.807) is 95.9 Å². The first-order valence-electron chi connectivity index (χ1n) is 14.6. The van der Waals surface area contributed by atoms with Crippen molar-refractivity contribution in [3.05, 3.63) is 172 Å². The van der Waals surface area contributed by atoms with Gasteiger partial charge in [0.25, 0.3) is 0 Å². The molecule has 2 atom stereocenters. The number of hydrogen-bond donors (Lipinski definition) is 0. The van der Waals surface area contributed by atoms with Crippen LogP contribution in [0.5, 0.6) is 0 Å². The van der Waals surface area contributed by atoms with Gasteiger partial charge in [-0.15, -0.1) is 0 Å². The summed E-state index contributed by atoms with van der Waals surface area (Å²) < 4.78 is 30.3. The third-order valence-corrected chi connectivity index (χ3v) is 9.60. The van der Waals surface area contributed by atoms with E-state index in [0.29, 0.717) is 5.69 Å². The summed E-state index contributed by atoms with van der Waals surface area (Å²) in [7, 11) is 0. The van der Waals surface area contributed by atoms with E-state index in [9.17, 15) is 0 Å². The molecule has 5 aromatic carbocycles. The van der Waals surface area contributed by atoms with Gasteiger partial charge in [0, 0.05) is 33.9 Å². The van der Waals surface area contributed by atoms with E-state index in [4.69, 9.17) is 0 Å². The molecule has 7 heteroatoms. The van der Waals surface area contributed by atoms with E-state index in [0.717, 1.165) is 0 Å². The number of halogens is 2. The summed E-state index contributed by atoms with van der Waals surface area (Å²) in [5.41, 5.74) is -3.10. The van der Waals surface area contributed by atoms with E-state index < -0.39 is 57.7 Å². The first kappa shape index (κ1) is 27.0. The predicted octanol–water partition coefficient (Wildman–Crippen LogP) is 7.19. The summed E-state index contributed by atoms with van der Waals surface area (Å²) in [5.74, 6) is -5.23. The average molecular weight is 596 g/mol. The van der Waals surface area contributed by atoms with Gasteiger partial charge in [-0.2, -0.15) is 0 Å². The van der Waals surface area contributed by atoms with Crippen molar-refractivity contribution in [3.8, 4) is 0 Å². The number of carbonyl (C=O) groups excluding carboxylic acids is 4. The summed E-state index contributed by atoms with van der Waals surface area (Å²) in [6.07, 6.45) is 0. The number of anilines is 1. The van der Waals surface area contributed by atoms with Gasteiger partial charge in [0.05, 0.1) is 6.04 Å². The van der Waals surface area contributed by atoms with Crippen molar-refractivity contribution in [2.24, 2.45) is 5.41 Å². The number of benzene rings is 5. The first-order chi connectivity index (χ1) is 21.8. The third-order valence-electron chi connectivity index (χ3n) is 9.60. The van der Waals surface area contributed by atoms with E-state index in [1.165, 1.54) is 36.4 Å². The minimum Gasteiger partial charge on any atom is -0.343 e. The van der Waals surface area contributed by atoms with Crippen LogP contribution in [0.1, 0.15) is 64.5 Å². The summed E-state index contributed by atoms with van der Waals surface area (Å²) in [5, 5.41) is 0. The van der Waals surface area contributed by atoms with Crippen LogP contribution in [0, 0.1) is 17.0 Å². The molecule has 2 aliphatic carbocycles. The molecule has 2 spiro atoms. The molecule has 0 bridgehead atoms. The van der Waals surface area contributed by atoms with Gasteiger partial charge < -0.3 is 4.90 Å². The molecule has 1 aliphatic heterocycles. The van der Waals surface area contributed by atoms with Crippen molar-refractivity contribution in [3.63, 3.8) is 0 Å². The number of hydrogen-bond acceptors (Lipinski definition) is 5. The molecular weight excluding hydrogens is 572 g/mol. The van der Waals surface area contributed by atoms with Crippen LogP contribution in [-0.4, -0.2) is 28.7 Å². The summed E-state index contributed by atoms with van der Waals surface area (Å²) in [6, 6.07) is 30.9. The highest BCUT2D eigenvalue weighted by atomic mass is 19.1. The Kier molecular flexibility index (Phi) is 5.69. The molecular formula is C38H23F2NO4. The topological polar surface area (TPSA) is 71.5 Å². The van der Waals surface area contributed by atoms with Crippen LogP contribution in [0.3, 0.4) is 0 Å². The normalized spacial score (nSPS) is 20.7. The van der Waals surface area contributed by atoms with Crippen LogP contribution in [0.15, 0.2) is 127 Å². The monoisotopic (exact) mass is 595 g/mol. The van der Waals surface area contributed by atoms with Gasteiger partial charge in [-0.3, -0.25) is 19.2 Å². The van der Waals surface area contributed by atoms with Crippen LogP contribution in [0.4, 0.5) is 14.5 Å². The standard InChI is InChI=1S/C38H23F2NO4/c39-24-12-8-10-22(20-24)31-37(33(42)27-16-4-5-17-28(27)34(37)43)32(23-11-9-13-25(40)21-23)41(26-14-2-1-3-15-26)38(31)35(44)29-18-6-7-19-30(29)36(38)45/h1-21,31-32H/t31-,32-/m1/s1. The highest BCUT2D eigenvalue weighted by Crippen LogP contribution is 2.69. The molecule has 45 heavy (non-hydrogen) atoms. The molecule has 8 rings (SSSR count). The summed E-state index contributed by atoms with van der Waals surface area (Å²) in [4.78, 5) is 62.0. The van der Waals surface area contributed by atoms with Crippen molar-refractivity contribution in [1.82, 2.24) is 0 Å². The Morgan fingerprint density at radius 1 is 0.489 bits per heavy atom. The van der Waals surface area contributed by atoms with Crippen molar-refractivity contribution >= 4 is 28.8 Å². The van der Waals surface area contributed by atoms with E-state index >= 15 is 28.0 Å². The molecule has 3 aliphatic rings. The molecule has 218 valence electrons. The summed E-state index contributed by atoms with van der Waals surface area (Å²) >= 11 is 0. The Bertz CT molecular complexity index is 2040. The molecule has 0 radical (unpaired) electrons. The van der Waals surface area contributed by atoms with E-state index in [2.05, 4.69) is 0 Å². The van der Waals surface area contributed by atoms with Gasteiger partial charge in [-0.1, -0.05) is 91.0 Å². The molecule has 0 amide bonds. The molecule has 1 saturated heterocycles. The Balaban J connectivity index is 1.59. The summed E-state index contributed by atoms with van der Waals surface area (Å²) in [6.45, 7) is 0. The minimum atomic E-state index is -2.21. The quantitative estimate of drug-likeness (QED) is 0.207. The maximum Gasteiger partial charge on any atom is 0.197 e. The number of carbonyl (C=O) groups is 4. The Morgan fingerprint density at radius 2 is 0.933 bits per heavy atom. The molecule has 0 saturated carbocycles. The lowest BCUT2D eigenvalue weighted by atomic mass is 9.60. The third kappa shape index (κ3) is 3.30. The lowest BCUT2D eigenvalue weighted by Crippen LogP contribution is -2.57. The van der Waals surface area contributed by atoms with E-state index in [1.807, 2.05) is 0 Å². The van der Waals surface area contributed by atoms with Gasteiger partial charge in [-0.25, -0.2) is 8.78 Å². The SMILES string of the molecule is O=C1c2ccccc2C(=O)C12[C@@H](c1cccc(F)c1)C1(C(=O)c3ccccc3C1=O)N(c1ccccc1)[C@@H]2c1cccc(F)c1. The van der Waals surface area contributed by atoms with Gasteiger partial charge >= 0.3 is 0 Å². The molecule has 5 aromatic rings. The lowest BCUT2D eigenvalue weighted by Gasteiger charge is -2.40. The van der Waals surface area contributed by atoms with Crippen molar-refractivity contribution in [2.75, 3.05) is 4.90 Å². The number of para-hydroxylation sites is 1. The first-order valence-corrected chi connectivity index (χ1v) is 14.6. The average Bonchev–Trinajstić information content (AvgIpc) is 3.57. The van der Waals surface area contributed by atoms with Crippen LogP contribution in [0.2, 0.25) is 0 Å². The second kappa shape index (κ2) is 9.47. The largest absolute Gasteiger partial charge is 0.343 e. The number of nitrogens with zero attached hydrogens (tertiary/aromatic N) is 1. The van der Waals surface area contributed by atoms with Crippen LogP contribution in [0.25, 0.3) is 0 Å². The van der Waals surface area contributed by atoms with Crippen molar-refractivity contribution in [1.29, 1.82) is 0 Å². The van der Waals surface area contributed by atoms with Gasteiger partial charge in [-0.05, 0) is 47.5 Å². The Hall–Kier alpha value is -5.56. The smallest absolute Gasteiger partial charge is 0.197 e. The Morgan fingerprint density at radius 3 is 1.44 bits per heavy atom. The highest BCUT2D eigenvalue weighted by molar-refractivity contribution is 6.39. The molecule has 0 unspecified atom stereocenters. The zero-order valence-corrected chi connectivity index (χ0v) is 23.6. The maximum absolute atomic E-state index is 15.2. The molecule has 1 heterocycles. The van der Waals surface area contributed by atoms with Crippen LogP contribution >= 0.6 is 0 Å². The lowest BCUT2D eigenvalue weighted by molar-refractivity contribution is 0.0619. The van der Waals surface area contributed by atoms with Crippen LogP contribution < -0.4 is 4.90 Å². The zero-order chi connectivity index (χ0) is 31.1. The second-order valence-corrected chi connectivity index (χ2v) is 11.7. The second-order valence-electron chi connectivity index (χ2n) is 11.7.